The molecule has 1 N–H and O–H groups in total. The second-order valence-corrected chi connectivity index (χ2v) is 17.0. The number of nitrogens with one attached hydrogen (secondary N) is 1. The van der Waals surface area contributed by atoms with Crippen molar-refractivity contribution in [2.75, 3.05) is 0 Å². The van der Waals surface area contributed by atoms with E-state index in [1.54, 1.807) is 11.1 Å². The fraction of sp³-hybridized carbons (Fsp3) is 0.216. The van der Waals surface area contributed by atoms with Crippen molar-refractivity contribution in [1.29, 1.82) is 0 Å². The summed E-state index contributed by atoms with van der Waals surface area (Å²) in [6, 6.07) is 51.0. The van der Waals surface area contributed by atoms with Gasteiger partial charge >= 0.3 is 0 Å². The van der Waals surface area contributed by atoms with E-state index in [1.165, 1.54) is 64.8 Å². The van der Waals surface area contributed by atoms with Gasteiger partial charge in [0.1, 0.15) is 22.8 Å². The molecule has 4 nitrogen and oxygen atoms in total. The molecule has 264 valence electrons. The van der Waals surface area contributed by atoms with Crippen LogP contribution < -0.4 is 5.32 Å². The maximum Gasteiger partial charge on any atom is 0.169 e. The molecule has 5 aliphatic carbocycles. The highest BCUT2D eigenvalue weighted by atomic mass is 16.3. The van der Waals surface area contributed by atoms with Crippen molar-refractivity contribution < 1.29 is 4.42 Å². The van der Waals surface area contributed by atoms with Crippen LogP contribution in [0.3, 0.4) is 0 Å². The van der Waals surface area contributed by atoms with Gasteiger partial charge < -0.3 is 9.73 Å². The molecule has 1 atom stereocenters. The van der Waals surface area contributed by atoms with Crippen LogP contribution in [0.15, 0.2) is 154 Å². The van der Waals surface area contributed by atoms with Gasteiger partial charge in [-0.15, -0.1) is 0 Å². The van der Waals surface area contributed by atoms with Crippen LogP contribution in [0.2, 0.25) is 0 Å². The minimum absolute atomic E-state index is 0.0595. The lowest BCUT2D eigenvalue weighted by molar-refractivity contribution is -0.0388. The van der Waals surface area contributed by atoms with E-state index < -0.39 is 6.17 Å². The van der Waals surface area contributed by atoms with Crippen molar-refractivity contribution in [2.45, 2.75) is 43.7 Å². The average Bonchev–Trinajstić information content (AvgIpc) is 3.77. The molecule has 14 rings (SSSR count). The standard InChI is InChI=1S/C51H39N3O/c1-2-10-32(11-3-1)48-52-49(54-50(53-48)43-15-8-14-42-39-13-6-7-16-44(39)55-47(42)43)34-19-20-38-33(28-34)18-22-41-40-21-17-31-9-4-5-12-37(31)45(40)51(46(38)41)35-24-29-23-30(26-35)27-36(51)25-29/h1-22,28-30,35-36,49H,23-27H2,(H,52,53,54). The van der Waals surface area contributed by atoms with Gasteiger partial charge in [-0.1, -0.05) is 121 Å². The number of aliphatic imine (C=N–C) groups is 2. The lowest BCUT2D eigenvalue weighted by Gasteiger charge is -2.61. The first kappa shape index (κ1) is 30.3. The number of rotatable bonds is 3. The summed E-state index contributed by atoms with van der Waals surface area (Å²) in [4.78, 5) is 10.7. The number of hydrogen-bond donors (Lipinski definition) is 1. The maximum atomic E-state index is 6.51. The van der Waals surface area contributed by atoms with E-state index >= 15 is 0 Å². The molecule has 8 aromatic rings. The Morgan fingerprint density at radius 3 is 1.96 bits per heavy atom. The van der Waals surface area contributed by atoms with Crippen molar-refractivity contribution in [2.24, 2.45) is 33.7 Å². The van der Waals surface area contributed by atoms with Gasteiger partial charge in [0.15, 0.2) is 6.17 Å². The monoisotopic (exact) mass is 709 g/mol. The molecule has 7 aromatic carbocycles. The van der Waals surface area contributed by atoms with Gasteiger partial charge in [-0.05, 0) is 123 Å². The first-order chi connectivity index (χ1) is 27.2. The number of benzene rings is 7. The molecule has 4 heteroatoms. The molecule has 6 aliphatic rings. The second-order valence-electron chi connectivity index (χ2n) is 17.0. The minimum atomic E-state index is -0.417. The third-order valence-corrected chi connectivity index (χ3v) is 14.3. The normalized spacial score (nSPS) is 26.1. The van der Waals surface area contributed by atoms with E-state index in [9.17, 15) is 0 Å². The Labute approximate surface area is 319 Å². The second kappa shape index (κ2) is 11.0. The average molecular weight is 710 g/mol. The van der Waals surface area contributed by atoms with E-state index in [-0.39, 0.29) is 5.41 Å². The molecule has 0 amide bonds. The Bertz CT molecular complexity index is 2960. The Balaban J connectivity index is 1.00. The van der Waals surface area contributed by atoms with E-state index in [0.717, 1.165) is 62.1 Å². The Morgan fingerprint density at radius 1 is 0.509 bits per heavy atom. The van der Waals surface area contributed by atoms with Gasteiger partial charge in [-0.2, -0.15) is 0 Å². The maximum absolute atomic E-state index is 6.51. The van der Waals surface area contributed by atoms with Crippen LogP contribution in [-0.2, 0) is 5.41 Å². The minimum Gasteiger partial charge on any atom is -0.455 e. The largest absolute Gasteiger partial charge is 0.455 e. The quantitative estimate of drug-likeness (QED) is 0.199. The first-order valence-electron chi connectivity index (χ1n) is 20.2. The summed E-state index contributed by atoms with van der Waals surface area (Å²) in [6.07, 6.45) is 6.50. The highest BCUT2D eigenvalue weighted by molar-refractivity contribution is 6.21. The SMILES string of the molecule is c1ccc(C2=NC(c3ccc4c5c(ccc4c3)-c3ccc4ccccc4c3C53C4CC5CC(C4)CC3C5)N=C(c3cccc4c3oc3ccccc34)N2)cc1. The topological polar surface area (TPSA) is 49.9 Å². The van der Waals surface area contributed by atoms with Crippen molar-refractivity contribution >= 4 is 55.2 Å². The van der Waals surface area contributed by atoms with Gasteiger partial charge in [-0.3, -0.25) is 0 Å². The molecular formula is C51H39N3O. The number of para-hydroxylation sites is 2. The van der Waals surface area contributed by atoms with Gasteiger partial charge in [0.2, 0.25) is 0 Å². The number of nitrogens with zero attached hydrogens (tertiary/aromatic N) is 2. The molecule has 1 spiro atoms. The summed E-state index contributed by atoms with van der Waals surface area (Å²) < 4.78 is 6.51. The lowest BCUT2D eigenvalue weighted by atomic mass is 9.42. The smallest absolute Gasteiger partial charge is 0.169 e. The molecule has 1 unspecified atom stereocenters. The molecule has 4 saturated carbocycles. The predicted octanol–water partition coefficient (Wildman–Crippen LogP) is 12.1. The molecular weight excluding hydrogens is 671 g/mol. The number of amidine groups is 2. The fourth-order valence-electron chi connectivity index (χ4n) is 12.4. The van der Waals surface area contributed by atoms with Crippen LogP contribution in [0.1, 0.15) is 66.1 Å². The number of hydrogen-bond acceptors (Lipinski definition) is 4. The van der Waals surface area contributed by atoms with Crippen molar-refractivity contribution in [3.63, 3.8) is 0 Å². The first-order valence-corrected chi connectivity index (χ1v) is 20.2. The zero-order chi connectivity index (χ0) is 35.8. The van der Waals surface area contributed by atoms with Crippen LogP contribution in [0, 0.1) is 23.7 Å². The molecule has 2 heterocycles. The fourth-order valence-corrected chi connectivity index (χ4v) is 12.4. The van der Waals surface area contributed by atoms with E-state index in [0.29, 0.717) is 11.8 Å². The summed E-state index contributed by atoms with van der Waals surface area (Å²) in [6.45, 7) is 0. The van der Waals surface area contributed by atoms with E-state index in [4.69, 9.17) is 14.4 Å². The van der Waals surface area contributed by atoms with Crippen LogP contribution in [0.4, 0.5) is 0 Å². The molecule has 4 bridgehead atoms. The van der Waals surface area contributed by atoms with Gasteiger partial charge in [0.25, 0.3) is 0 Å². The van der Waals surface area contributed by atoms with Crippen LogP contribution in [0.5, 0.6) is 0 Å². The summed E-state index contributed by atoms with van der Waals surface area (Å²) in [7, 11) is 0. The van der Waals surface area contributed by atoms with Crippen molar-refractivity contribution in [3.8, 4) is 11.1 Å². The zero-order valence-electron chi connectivity index (χ0n) is 30.5. The lowest BCUT2D eigenvalue weighted by Crippen LogP contribution is -2.55. The van der Waals surface area contributed by atoms with Crippen LogP contribution in [-0.4, -0.2) is 11.7 Å². The van der Waals surface area contributed by atoms with Crippen LogP contribution >= 0.6 is 0 Å². The zero-order valence-corrected chi connectivity index (χ0v) is 30.5. The summed E-state index contributed by atoms with van der Waals surface area (Å²) in [5, 5.41) is 11.4. The molecule has 1 aliphatic heterocycles. The Kier molecular flexibility index (Phi) is 6.09. The van der Waals surface area contributed by atoms with Crippen molar-refractivity contribution in [3.05, 3.63) is 167 Å². The Hall–Kier alpha value is -6.00. The Morgan fingerprint density at radius 2 is 1.16 bits per heavy atom. The molecule has 4 fully saturated rings. The van der Waals surface area contributed by atoms with Crippen molar-refractivity contribution in [1.82, 2.24) is 5.32 Å². The third kappa shape index (κ3) is 4.12. The number of fused-ring (bicyclic) bond motifs is 10. The summed E-state index contributed by atoms with van der Waals surface area (Å²) in [5.74, 6) is 4.75. The van der Waals surface area contributed by atoms with Gasteiger partial charge in [0, 0.05) is 21.8 Å². The highest BCUT2D eigenvalue weighted by Gasteiger charge is 2.62. The molecule has 0 radical (unpaired) electrons. The molecule has 1 aromatic heterocycles. The van der Waals surface area contributed by atoms with Gasteiger partial charge in [-0.25, -0.2) is 9.98 Å². The van der Waals surface area contributed by atoms with E-state index in [1.807, 2.05) is 18.2 Å². The third-order valence-electron chi connectivity index (χ3n) is 14.3. The van der Waals surface area contributed by atoms with Crippen LogP contribution in [0.25, 0.3) is 54.6 Å². The number of furan rings is 1. The van der Waals surface area contributed by atoms with Gasteiger partial charge in [0.05, 0.1) is 5.56 Å². The summed E-state index contributed by atoms with van der Waals surface area (Å²) in [5.41, 5.74) is 11.0. The molecule has 0 saturated heterocycles. The predicted molar refractivity (Wildman–Crippen MR) is 224 cm³/mol. The molecule has 55 heavy (non-hydrogen) atoms. The summed E-state index contributed by atoms with van der Waals surface area (Å²) >= 11 is 0. The highest BCUT2D eigenvalue weighted by Crippen LogP contribution is 2.71. The van der Waals surface area contributed by atoms with E-state index in [2.05, 4.69) is 127 Å².